The van der Waals surface area contributed by atoms with Gasteiger partial charge in [-0.25, -0.2) is 8.78 Å². The van der Waals surface area contributed by atoms with Gasteiger partial charge in [0.05, 0.1) is 19.6 Å². The Morgan fingerprint density at radius 2 is 1.09 bits per heavy atom. The number of hydrogen-bond acceptors (Lipinski definition) is 12. The van der Waals surface area contributed by atoms with Gasteiger partial charge in [-0.2, -0.15) is 13.2 Å². The summed E-state index contributed by atoms with van der Waals surface area (Å²) < 4.78 is 70.9. The molecule has 2 fully saturated rings. The molecule has 0 bridgehead atoms. The fraction of sp³-hybridized carbons (Fsp3) is 0.727. The molecule has 11 amide bonds. The standard InChI is InChI=1S/C66H104F5N11O12/c1-19-40(8)56-62(92)78(14)35-53(86)76(12)36-54(87)82(18)57(50(83)33-42-23-21-20-22-24-42)63(93)77(13)34-51(84)73-46(26-25-43-31-44(67)55(45(68)32-43)66(69,70)71)61(91)80(16)49(29-39(6)7)60(90)75-65(10,11)64(94)81(17)48(28-38(4)5)58(88)72-41(9)30-52(85)79(15)47(27-37(2)3)59(89)74-56/h31-32,37-42,46-49,56-57H,19-30,33-36H2,1-18H3,(H,72,88)(H,73,84)(H,74,89)(H,75,90)/t40-,41+,46-,47-,48-,49+,56-,57-/m0/s1. The second-order valence-electron chi connectivity index (χ2n) is 27.7. The largest absolute Gasteiger partial charge is 0.422 e. The third-order valence-corrected chi connectivity index (χ3v) is 17.7. The highest BCUT2D eigenvalue weighted by molar-refractivity contribution is 6.09. The molecule has 0 spiro atoms. The van der Waals surface area contributed by atoms with E-state index in [9.17, 15) is 79.5 Å². The first-order chi connectivity index (χ1) is 43.4. The zero-order valence-electron chi connectivity index (χ0n) is 58.3. The Morgan fingerprint density at radius 3 is 1.60 bits per heavy atom. The maximum absolute atomic E-state index is 15.0. The predicted octanol–water partition coefficient (Wildman–Crippen LogP) is 5.10. The molecule has 1 aliphatic carbocycles. The first kappa shape index (κ1) is 80.9. The van der Waals surface area contributed by atoms with Gasteiger partial charge in [-0.15, -0.1) is 0 Å². The normalized spacial score (nSPS) is 24.5. The van der Waals surface area contributed by atoms with Gasteiger partial charge in [0.25, 0.3) is 5.91 Å². The van der Waals surface area contributed by atoms with Crippen molar-refractivity contribution in [2.45, 2.75) is 214 Å². The number of hydrogen-bond donors (Lipinski definition) is 4. The fourth-order valence-corrected chi connectivity index (χ4v) is 11.8. The molecule has 530 valence electrons. The lowest BCUT2D eigenvalue weighted by atomic mass is 9.84. The number of amides is 11. The number of aryl methyl sites for hydroxylation is 1. The average molecular weight is 1340 g/mol. The Labute approximate surface area is 551 Å². The number of carbonyl (C=O) groups is 12. The number of ketones is 1. The number of nitrogens with zero attached hydrogens (tertiary/aromatic N) is 7. The van der Waals surface area contributed by atoms with Crippen LogP contribution in [0.3, 0.4) is 0 Å². The van der Waals surface area contributed by atoms with Crippen LogP contribution in [0.2, 0.25) is 0 Å². The van der Waals surface area contributed by atoms with Crippen LogP contribution in [0.5, 0.6) is 0 Å². The zero-order valence-corrected chi connectivity index (χ0v) is 58.3. The van der Waals surface area contributed by atoms with E-state index in [0.717, 1.165) is 55.7 Å². The summed E-state index contributed by atoms with van der Waals surface area (Å²) in [6, 6.07) is -8.56. The molecule has 1 heterocycles. The zero-order chi connectivity index (χ0) is 71.8. The molecular weight excluding hydrogens is 1230 g/mol. The molecule has 23 nitrogen and oxygen atoms in total. The summed E-state index contributed by atoms with van der Waals surface area (Å²) in [6.45, 7) is 16.4. The monoisotopic (exact) mass is 1340 g/mol. The van der Waals surface area contributed by atoms with E-state index in [0.29, 0.717) is 31.4 Å². The van der Waals surface area contributed by atoms with Crippen molar-refractivity contribution in [3.63, 3.8) is 0 Å². The second kappa shape index (κ2) is 35.5. The van der Waals surface area contributed by atoms with E-state index in [4.69, 9.17) is 0 Å². The van der Waals surface area contributed by atoms with Crippen molar-refractivity contribution in [3.8, 4) is 0 Å². The lowest BCUT2D eigenvalue weighted by molar-refractivity contribution is -0.152. The minimum Gasteiger partial charge on any atom is -0.351 e. The van der Waals surface area contributed by atoms with Crippen LogP contribution >= 0.6 is 0 Å². The van der Waals surface area contributed by atoms with Crippen molar-refractivity contribution >= 4 is 70.8 Å². The molecule has 2 aliphatic rings. The van der Waals surface area contributed by atoms with Gasteiger partial charge >= 0.3 is 6.18 Å². The van der Waals surface area contributed by atoms with Crippen molar-refractivity contribution in [2.75, 3.05) is 69.0 Å². The van der Waals surface area contributed by atoms with Gasteiger partial charge in [0.15, 0.2) is 11.8 Å². The number of benzene rings is 1. The molecule has 94 heavy (non-hydrogen) atoms. The molecule has 28 heteroatoms. The molecule has 0 radical (unpaired) electrons. The summed E-state index contributed by atoms with van der Waals surface area (Å²) in [5.74, 6) is -14.8. The van der Waals surface area contributed by atoms with Crippen LogP contribution in [-0.4, -0.2) is 222 Å². The highest BCUT2D eigenvalue weighted by Crippen LogP contribution is 2.35. The Bertz CT molecular complexity index is 2860. The summed E-state index contributed by atoms with van der Waals surface area (Å²) >= 11 is 0. The van der Waals surface area contributed by atoms with Gasteiger partial charge in [-0.05, 0) is 100 Å². The predicted molar refractivity (Wildman–Crippen MR) is 341 cm³/mol. The van der Waals surface area contributed by atoms with Crippen LogP contribution < -0.4 is 21.3 Å². The molecule has 0 unspecified atom stereocenters. The SMILES string of the molecule is CC[C@H](C)[C@@H]1NC(=O)[C@H](CC(C)C)N(C)C(=O)C[C@@H](C)NC(=O)[C@H](CC(C)C)N(C)C(=O)C(C)(C)NC(=O)[C@@H](CC(C)C)N(C)C(=O)[C@H](CCc2cc(F)c(C(F)(F)F)c(F)c2)NC(=O)CN(C)C(=O)[C@H](C(=O)CC2CCCCC2)N(C)C(=O)CN(C)C(=O)CN(C)C1=O. The van der Waals surface area contributed by atoms with Gasteiger partial charge in [-0.3, -0.25) is 57.5 Å². The number of alkyl halides is 3. The molecule has 1 saturated heterocycles. The van der Waals surface area contributed by atoms with Gasteiger partial charge in [-0.1, -0.05) is 93.9 Å². The topological polar surface area (TPSA) is 276 Å². The Kier molecular flexibility index (Phi) is 30.5. The minimum absolute atomic E-state index is 0.0732. The average Bonchev–Trinajstić information content (AvgIpc) is 0.824. The fourth-order valence-electron chi connectivity index (χ4n) is 11.8. The number of likely N-dealkylation sites (N-methyl/N-ethyl adjacent to an activating group) is 7. The smallest absolute Gasteiger partial charge is 0.351 e. The van der Waals surface area contributed by atoms with Crippen LogP contribution in [0, 0.1) is 41.2 Å². The molecule has 3 rings (SSSR count). The summed E-state index contributed by atoms with van der Waals surface area (Å²) in [4.78, 5) is 180. The lowest BCUT2D eigenvalue weighted by Gasteiger charge is -2.38. The van der Waals surface area contributed by atoms with E-state index in [2.05, 4.69) is 21.3 Å². The summed E-state index contributed by atoms with van der Waals surface area (Å²) in [6.07, 6.45) is -2.51. The van der Waals surface area contributed by atoms with E-state index in [1.54, 1.807) is 34.6 Å². The van der Waals surface area contributed by atoms with Crippen molar-refractivity contribution in [1.29, 1.82) is 0 Å². The highest BCUT2D eigenvalue weighted by atomic mass is 19.4. The highest BCUT2D eigenvalue weighted by Gasteiger charge is 2.44. The maximum atomic E-state index is 15.0. The quantitative estimate of drug-likeness (QED) is 0.140. The maximum Gasteiger partial charge on any atom is 0.422 e. The molecular formula is C66H104F5N11O12. The molecule has 1 aromatic carbocycles. The van der Waals surface area contributed by atoms with Crippen LogP contribution in [0.1, 0.15) is 164 Å². The van der Waals surface area contributed by atoms with Crippen LogP contribution in [0.15, 0.2) is 12.1 Å². The van der Waals surface area contributed by atoms with E-state index in [1.165, 1.54) is 61.0 Å². The van der Waals surface area contributed by atoms with Crippen molar-refractivity contribution < 1.29 is 79.5 Å². The van der Waals surface area contributed by atoms with Gasteiger partial charge in [0, 0.05) is 68.2 Å². The van der Waals surface area contributed by atoms with E-state index in [-0.39, 0.29) is 61.3 Å². The van der Waals surface area contributed by atoms with Gasteiger partial charge in [0.1, 0.15) is 52.9 Å². The number of carbonyl (C=O) groups excluding carboxylic acids is 12. The Morgan fingerprint density at radius 1 is 0.596 bits per heavy atom. The van der Waals surface area contributed by atoms with Crippen molar-refractivity contribution in [3.05, 3.63) is 34.9 Å². The molecule has 0 aromatic heterocycles. The van der Waals surface area contributed by atoms with Gasteiger partial charge < -0.3 is 55.6 Å². The van der Waals surface area contributed by atoms with Crippen LogP contribution in [-0.2, 0) is 70.1 Å². The summed E-state index contributed by atoms with van der Waals surface area (Å²) in [7, 11) is 8.93. The first-order valence-electron chi connectivity index (χ1n) is 32.5. The van der Waals surface area contributed by atoms with Gasteiger partial charge in [0.2, 0.25) is 59.1 Å². The molecule has 8 atom stereocenters. The van der Waals surface area contributed by atoms with E-state index >= 15 is 0 Å². The second-order valence-corrected chi connectivity index (χ2v) is 27.7. The minimum atomic E-state index is -5.41. The lowest BCUT2D eigenvalue weighted by Crippen LogP contribution is -2.63. The number of halogens is 5. The van der Waals surface area contributed by atoms with Crippen molar-refractivity contribution in [2.24, 2.45) is 29.6 Å². The molecule has 4 N–H and O–H groups in total. The third kappa shape index (κ3) is 23.0. The molecule has 1 aliphatic heterocycles. The van der Waals surface area contributed by atoms with E-state index < -0.39 is 180 Å². The van der Waals surface area contributed by atoms with Crippen LogP contribution in [0.25, 0.3) is 0 Å². The molecule has 1 aromatic rings. The Balaban J connectivity index is 2.26. The number of rotatable bonds is 14. The summed E-state index contributed by atoms with van der Waals surface area (Å²) in [5.41, 5.74) is -4.32. The van der Waals surface area contributed by atoms with Crippen LogP contribution in [0.4, 0.5) is 22.0 Å². The first-order valence-corrected chi connectivity index (χ1v) is 32.5. The Hall–Kier alpha value is -7.29. The van der Waals surface area contributed by atoms with E-state index in [1.807, 2.05) is 27.7 Å². The third-order valence-electron chi connectivity index (χ3n) is 17.7. The van der Waals surface area contributed by atoms with Crippen molar-refractivity contribution in [1.82, 2.24) is 55.6 Å². The molecule has 1 saturated carbocycles. The summed E-state index contributed by atoms with van der Waals surface area (Å²) in [5, 5.41) is 10.9. The number of Topliss-reactive ketones (excluding diaryl/α,β-unsaturated/α-hetero) is 1. The number of nitrogens with one attached hydrogen (secondary N) is 4.